The van der Waals surface area contributed by atoms with Crippen LogP contribution < -0.4 is 5.14 Å². The third kappa shape index (κ3) is 2.81. The molecule has 2 aliphatic carbocycles. The Morgan fingerprint density at radius 2 is 1.84 bits per heavy atom. The second kappa shape index (κ2) is 4.86. The van der Waals surface area contributed by atoms with Crippen molar-refractivity contribution in [3.63, 3.8) is 0 Å². The fourth-order valence-corrected chi connectivity index (χ4v) is 3.69. The quantitative estimate of drug-likeness (QED) is 0.884. The van der Waals surface area contributed by atoms with Crippen LogP contribution >= 0.6 is 0 Å². The van der Waals surface area contributed by atoms with Gasteiger partial charge in [-0.3, -0.25) is 4.57 Å². The minimum atomic E-state index is -3.77. The van der Waals surface area contributed by atoms with Gasteiger partial charge in [-0.2, -0.15) is 0 Å². The third-order valence-electron chi connectivity index (χ3n) is 4.15. The van der Waals surface area contributed by atoms with E-state index in [1.165, 1.54) is 25.7 Å². The maximum absolute atomic E-state index is 11.5. The van der Waals surface area contributed by atoms with Gasteiger partial charge >= 0.3 is 0 Å². The Morgan fingerprint density at radius 1 is 1.16 bits per heavy atom. The highest BCUT2D eigenvalue weighted by Gasteiger charge is 2.33. The molecule has 3 rings (SSSR count). The second-order valence-electron chi connectivity index (χ2n) is 5.73. The van der Waals surface area contributed by atoms with Crippen molar-refractivity contribution in [3.8, 4) is 0 Å². The van der Waals surface area contributed by atoms with Crippen LogP contribution in [0, 0.1) is 5.92 Å². The predicted octanol–water partition coefficient (Wildman–Crippen LogP) is 1.38. The fraction of sp³-hybridized carbons (Fsp3) is 0.833. The Bertz CT molecular complexity index is 556. The van der Waals surface area contributed by atoms with Gasteiger partial charge in [0.2, 0.25) is 0 Å². The fourth-order valence-electron chi connectivity index (χ4n) is 3.00. The molecule has 0 aromatic carbocycles. The van der Waals surface area contributed by atoms with Crippen molar-refractivity contribution in [2.75, 3.05) is 0 Å². The topological polar surface area (TPSA) is 90.9 Å². The molecular weight excluding hydrogens is 264 g/mol. The summed E-state index contributed by atoms with van der Waals surface area (Å²) in [5.74, 6) is 1.56. The summed E-state index contributed by atoms with van der Waals surface area (Å²) in [5.41, 5.74) is 0. The average Bonchev–Trinajstić information content (AvgIpc) is 2.90. The SMILES string of the molecule is NS(=O)(=O)c1nnc(CCC2CCCC2)n1C1CC1. The lowest BCUT2D eigenvalue weighted by Gasteiger charge is -2.10. The number of aromatic nitrogens is 3. The Kier molecular flexibility index (Phi) is 3.34. The number of nitrogens with zero attached hydrogens (tertiary/aromatic N) is 3. The molecule has 7 heteroatoms. The minimum absolute atomic E-state index is 0.0589. The highest BCUT2D eigenvalue weighted by molar-refractivity contribution is 7.89. The number of hydrogen-bond acceptors (Lipinski definition) is 4. The number of nitrogens with two attached hydrogens (primary N) is 1. The van der Waals surface area contributed by atoms with E-state index < -0.39 is 10.0 Å². The number of rotatable bonds is 5. The van der Waals surface area contributed by atoms with E-state index in [9.17, 15) is 8.42 Å². The molecule has 0 amide bonds. The van der Waals surface area contributed by atoms with Gasteiger partial charge in [-0.25, -0.2) is 13.6 Å². The van der Waals surface area contributed by atoms with Crippen molar-refractivity contribution in [3.05, 3.63) is 5.82 Å². The molecule has 0 atom stereocenters. The lowest BCUT2D eigenvalue weighted by molar-refractivity contribution is 0.483. The summed E-state index contributed by atoms with van der Waals surface area (Å²) in [6.07, 6.45) is 9.11. The Labute approximate surface area is 113 Å². The van der Waals surface area contributed by atoms with Gasteiger partial charge in [0, 0.05) is 12.5 Å². The summed E-state index contributed by atoms with van der Waals surface area (Å²) < 4.78 is 24.8. The van der Waals surface area contributed by atoms with E-state index in [1.54, 1.807) is 4.57 Å². The molecule has 0 spiro atoms. The molecule has 2 saturated carbocycles. The Balaban J connectivity index is 1.79. The maximum Gasteiger partial charge on any atom is 0.273 e. The molecule has 1 aromatic rings. The first-order valence-electron chi connectivity index (χ1n) is 7.02. The molecule has 0 saturated heterocycles. The summed E-state index contributed by atoms with van der Waals surface area (Å²) in [7, 11) is -3.77. The van der Waals surface area contributed by atoms with Crippen LogP contribution in [0.25, 0.3) is 0 Å². The average molecular weight is 284 g/mol. The molecule has 2 aliphatic rings. The van der Waals surface area contributed by atoms with Crippen LogP contribution in [0.4, 0.5) is 0 Å². The normalized spacial score (nSPS) is 21.1. The van der Waals surface area contributed by atoms with Crippen LogP contribution in [0.3, 0.4) is 0 Å². The van der Waals surface area contributed by atoms with E-state index in [-0.39, 0.29) is 11.2 Å². The van der Waals surface area contributed by atoms with Gasteiger partial charge in [0.1, 0.15) is 5.82 Å². The van der Waals surface area contributed by atoms with Crippen LogP contribution in [-0.2, 0) is 16.4 Å². The van der Waals surface area contributed by atoms with Gasteiger partial charge in [-0.1, -0.05) is 25.7 Å². The summed E-state index contributed by atoms with van der Waals surface area (Å²) in [6.45, 7) is 0. The molecule has 2 fully saturated rings. The van der Waals surface area contributed by atoms with Crippen molar-refractivity contribution in [1.29, 1.82) is 0 Å². The van der Waals surface area contributed by atoms with Crippen LogP contribution in [0.2, 0.25) is 0 Å². The number of sulfonamides is 1. The van der Waals surface area contributed by atoms with E-state index in [0.717, 1.165) is 37.4 Å². The standard InChI is InChI=1S/C12H20N4O2S/c13-19(17,18)12-15-14-11(16(12)10-6-7-10)8-5-9-3-1-2-4-9/h9-10H,1-8H2,(H2,13,17,18). The number of hydrogen-bond donors (Lipinski definition) is 1. The van der Waals surface area contributed by atoms with E-state index in [2.05, 4.69) is 10.2 Å². The van der Waals surface area contributed by atoms with Crippen LogP contribution in [0.15, 0.2) is 5.16 Å². The molecule has 1 heterocycles. The Morgan fingerprint density at radius 3 is 2.42 bits per heavy atom. The van der Waals surface area contributed by atoms with Gasteiger partial charge in [0.05, 0.1) is 0 Å². The molecule has 0 aliphatic heterocycles. The first kappa shape index (κ1) is 13.1. The molecule has 0 radical (unpaired) electrons. The van der Waals surface area contributed by atoms with E-state index in [4.69, 9.17) is 5.14 Å². The van der Waals surface area contributed by atoms with Crippen molar-refractivity contribution < 1.29 is 8.42 Å². The summed E-state index contributed by atoms with van der Waals surface area (Å²) >= 11 is 0. The van der Waals surface area contributed by atoms with Crippen LogP contribution in [0.5, 0.6) is 0 Å². The lowest BCUT2D eigenvalue weighted by atomic mass is 10.0. The zero-order valence-electron chi connectivity index (χ0n) is 11.0. The first-order valence-corrected chi connectivity index (χ1v) is 8.57. The predicted molar refractivity (Wildman–Crippen MR) is 69.9 cm³/mol. The monoisotopic (exact) mass is 284 g/mol. The van der Waals surface area contributed by atoms with E-state index in [1.807, 2.05) is 0 Å². The molecule has 2 N–H and O–H groups in total. The molecule has 1 aromatic heterocycles. The highest BCUT2D eigenvalue weighted by Crippen LogP contribution is 2.38. The molecular formula is C12H20N4O2S. The molecule has 0 unspecified atom stereocenters. The molecule has 106 valence electrons. The second-order valence-corrected chi connectivity index (χ2v) is 7.19. The minimum Gasteiger partial charge on any atom is -0.298 e. The van der Waals surface area contributed by atoms with Gasteiger partial charge in [-0.05, 0) is 25.2 Å². The van der Waals surface area contributed by atoms with Gasteiger partial charge in [0.25, 0.3) is 15.2 Å². The summed E-state index contributed by atoms with van der Waals surface area (Å²) in [6, 6.07) is 0.238. The van der Waals surface area contributed by atoms with Gasteiger partial charge in [-0.15, -0.1) is 10.2 Å². The number of primary sulfonamides is 1. The smallest absolute Gasteiger partial charge is 0.273 e. The first-order chi connectivity index (χ1) is 9.05. The molecule has 6 nitrogen and oxygen atoms in total. The zero-order chi connectivity index (χ0) is 13.5. The highest BCUT2D eigenvalue weighted by atomic mass is 32.2. The van der Waals surface area contributed by atoms with Crippen molar-refractivity contribution in [2.24, 2.45) is 11.1 Å². The molecule has 19 heavy (non-hydrogen) atoms. The molecule has 0 bridgehead atoms. The third-order valence-corrected chi connectivity index (χ3v) is 4.94. The maximum atomic E-state index is 11.5. The van der Waals surface area contributed by atoms with Crippen molar-refractivity contribution in [1.82, 2.24) is 14.8 Å². The summed E-state index contributed by atoms with van der Waals surface area (Å²) in [5, 5.41) is 13.0. The van der Waals surface area contributed by atoms with Gasteiger partial charge in [0.15, 0.2) is 0 Å². The van der Waals surface area contributed by atoms with Crippen LogP contribution in [0.1, 0.15) is 56.8 Å². The largest absolute Gasteiger partial charge is 0.298 e. The van der Waals surface area contributed by atoms with E-state index >= 15 is 0 Å². The summed E-state index contributed by atoms with van der Waals surface area (Å²) in [4.78, 5) is 0. The zero-order valence-corrected chi connectivity index (χ0v) is 11.8. The lowest BCUT2D eigenvalue weighted by Crippen LogP contribution is -2.19. The van der Waals surface area contributed by atoms with Crippen molar-refractivity contribution >= 4 is 10.0 Å². The van der Waals surface area contributed by atoms with Crippen LogP contribution in [-0.4, -0.2) is 23.2 Å². The van der Waals surface area contributed by atoms with E-state index in [0.29, 0.717) is 0 Å². The Hall–Kier alpha value is -0.950. The number of aryl methyl sites for hydroxylation is 1. The van der Waals surface area contributed by atoms with Gasteiger partial charge < -0.3 is 0 Å². The van der Waals surface area contributed by atoms with Crippen molar-refractivity contribution in [2.45, 2.75) is 62.6 Å².